The molecule has 0 saturated carbocycles. The topological polar surface area (TPSA) is 58.7 Å². The number of aliphatic hydroxyl groups excluding tert-OH is 1. The highest BCUT2D eigenvalue weighted by atomic mass is 19.3. The molecule has 0 radical (unpaired) electrons. The van der Waals surface area contributed by atoms with Gasteiger partial charge in [0, 0.05) is 19.6 Å². The molecule has 0 aliphatic rings. The lowest BCUT2D eigenvalue weighted by molar-refractivity contribution is 0.0709. The third-order valence-corrected chi connectivity index (χ3v) is 2.65. The number of aliphatic hydroxyl groups is 1. The van der Waals surface area contributed by atoms with Crippen molar-refractivity contribution in [1.82, 2.24) is 4.90 Å². The van der Waals surface area contributed by atoms with Gasteiger partial charge in [-0.2, -0.15) is 0 Å². The van der Waals surface area contributed by atoms with Gasteiger partial charge in [-0.25, -0.2) is 8.78 Å². The predicted octanol–water partition coefficient (Wildman–Crippen LogP) is 1.08. The third-order valence-electron chi connectivity index (χ3n) is 2.65. The Bertz CT molecular complexity index is 347. The van der Waals surface area contributed by atoms with Crippen LogP contribution in [-0.2, 0) is 6.54 Å². The fourth-order valence-corrected chi connectivity index (χ4v) is 1.65. The van der Waals surface area contributed by atoms with Crippen molar-refractivity contribution in [2.75, 3.05) is 32.8 Å². The molecule has 6 heteroatoms. The van der Waals surface area contributed by atoms with E-state index < -0.39 is 6.43 Å². The average molecular weight is 274 g/mol. The van der Waals surface area contributed by atoms with Crippen LogP contribution in [-0.4, -0.2) is 49.3 Å². The molecule has 0 amide bonds. The van der Waals surface area contributed by atoms with Gasteiger partial charge >= 0.3 is 0 Å². The number of hydrogen-bond acceptors (Lipinski definition) is 4. The summed E-state index contributed by atoms with van der Waals surface area (Å²) in [5.41, 5.74) is 6.48. The zero-order valence-electron chi connectivity index (χ0n) is 10.8. The van der Waals surface area contributed by atoms with Gasteiger partial charge in [0.05, 0.1) is 13.2 Å². The highest BCUT2D eigenvalue weighted by Crippen LogP contribution is 2.11. The molecule has 0 unspecified atom stereocenters. The molecule has 0 atom stereocenters. The Morgan fingerprint density at radius 2 is 1.89 bits per heavy atom. The number of nitrogens with two attached hydrogens (primary N) is 1. The highest BCUT2D eigenvalue weighted by molar-refractivity contribution is 5.27. The number of ether oxygens (including phenoxy) is 1. The molecule has 0 saturated heterocycles. The number of alkyl halides is 2. The molecule has 3 N–H and O–H groups in total. The quantitative estimate of drug-likeness (QED) is 0.707. The minimum atomic E-state index is -2.41. The second-order valence-electron chi connectivity index (χ2n) is 4.11. The van der Waals surface area contributed by atoms with Crippen molar-refractivity contribution in [2.45, 2.75) is 13.0 Å². The van der Waals surface area contributed by atoms with Crippen LogP contribution < -0.4 is 10.5 Å². The Morgan fingerprint density at radius 1 is 1.21 bits per heavy atom. The molecule has 19 heavy (non-hydrogen) atoms. The van der Waals surface area contributed by atoms with Crippen LogP contribution in [0.3, 0.4) is 0 Å². The summed E-state index contributed by atoms with van der Waals surface area (Å²) in [6, 6.07) is 7.32. The zero-order chi connectivity index (χ0) is 14.1. The van der Waals surface area contributed by atoms with Crippen molar-refractivity contribution in [1.29, 1.82) is 0 Å². The van der Waals surface area contributed by atoms with Crippen LogP contribution in [0.5, 0.6) is 5.75 Å². The smallest absolute Gasteiger partial charge is 0.251 e. The molecule has 0 aromatic heterocycles. The maximum atomic E-state index is 12.3. The van der Waals surface area contributed by atoms with Gasteiger partial charge in [0.1, 0.15) is 12.4 Å². The average Bonchev–Trinajstić information content (AvgIpc) is 2.39. The van der Waals surface area contributed by atoms with E-state index in [2.05, 4.69) is 0 Å². The van der Waals surface area contributed by atoms with E-state index in [9.17, 15) is 8.78 Å². The monoisotopic (exact) mass is 274 g/mol. The molecule has 0 bridgehead atoms. The third kappa shape index (κ3) is 6.47. The Labute approximate surface area is 111 Å². The Hall–Kier alpha value is -1.24. The summed E-state index contributed by atoms with van der Waals surface area (Å²) < 4.78 is 30.0. The first-order chi connectivity index (χ1) is 9.15. The molecule has 0 aliphatic heterocycles. The van der Waals surface area contributed by atoms with E-state index in [1.54, 1.807) is 12.1 Å². The number of halogens is 2. The van der Waals surface area contributed by atoms with Crippen molar-refractivity contribution in [3.05, 3.63) is 29.8 Å². The molecule has 1 rings (SSSR count). The van der Waals surface area contributed by atoms with E-state index in [4.69, 9.17) is 15.6 Å². The Balaban J connectivity index is 2.33. The summed E-state index contributed by atoms with van der Waals surface area (Å²) >= 11 is 0. The van der Waals surface area contributed by atoms with Crippen molar-refractivity contribution >= 4 is 0 Å². The standard InChI is InChI=1S/C13H20F2N2O2/c14-13(15)10-17(5-7-18)6-8-19-12-3-1-11(9-16)2-4-12/h1-4,13,18H,5-10,16H2. The van der Waals surface area contributed by atoms with Gasteiger partial charge in [0.15, 0.2) is 0 Å². The summed E-state index contributed by atoms with van der Waals surface area (Å²) in [5, 5.41) is 8.78. The first-order valence-corrected chi connectivity index (χ1v) is 6.19. The summed E-state index contributed by atoms with van der Waals surface area (Å²) in [5.74, 6) is 0.679. The van der Waals surface area contributed by atoms with Gasteiger partial charge in [0.25, 0.3) is 6.43 Å². The Morgan fingerprint density at radius 3 is 2.42 bits per heavy atom. The molecule has 1 aromatic carbocycles. The second-order valence-corrected chi connectivity index (χ2v) is 4.11. The van der Waals surface area contributed by atoms with Crippen LogP contribution in [0, 0.1) is 0 Å². The van der Waals surface area contributed by atoms with Crippen LogP contribution in [0.25, 0.3) is 0 Å². The van der Waals surface area contributed by atoms with Crippen molar-refractivity contribution in [3.63, 3.8) is 0 Å². The lowest BCUT2D eigenvalue weighted by Crippen LogP contribution is -2.35. The molecule has 0 fully saturated rings. The predicted molar refractivity (Wildman–Crippen MR) is 69.4 cm³/mol. The maximum absolute atomic E-state index is 12.3. The minimum Gasteiger partial charge on any atom is -0.492 e. The van der Waals surface area contributed by atoms with Crippen LogP contribution in [0.1, 0.15) is 5.56 Å². The first kappa shape index (κ1) is 15.8. The van der Waals surface area contributed by atoms with Gasteiger partial charge in [0.2, 0.25) is 0 Å². The van der Waals surface area contributed by atoms with Crippen LogP contribution in [0.15, 0.2) is 24.3 Å². The van der Waals surface area contributed by atoms with E-state index in [0.29, 0.717) is 25.4 Å². The molecule has 0 aliphatic carbocycles. The van der Waals surface area contributed by atoms with Crippen molar-refractivity contribution in [3.8, 4) is 5.75 Å². The van der Waals surface area contributed by atoms with E-state index >= 15 is 0 Å². The van der Waals surface area contributed by atoms with Gasteiger partial charge in [-0.1, -0.05) is 12.1 Å². The molecule has 108 valence electrons. The lowest BCUT2D eigenvalue weighted by Gasteiger charge is -2.20. The van der Waals surface area contributed by atoms with Crippen LogP contribution in [0.2, 0.25) is 0 Å². The van der Waals surface area contributed by atoms with Crippen molar-refractivity contribution in [2.24, 2.45) is 5.73 Å². The summed E-state index contributed by atoms with van der Waals surface area (Å²) in [4.78, 5) is 1.47. The highest BCUT2D eigenvalue weighted by Gasteiger charge is 2.11. The first-order valence-electron chi connectivity index (χ1n) is 6.19. The summed E-state index contributed by atoms with van der Waals surface area (Å²) in [6.45, 7) is 0.852. The molecular formula is C13H20F2N2O2. The Kier molecular flexibility index (Phi) is 7.32. The normalized spacial score (nSPS) is 11.3. The molecule has 1 aromatic rings. The minimum absolute atomic E-state index is 0.141. The van der Waals surface area contributed by atoms with E-state index in [-0.39, 0.29) is 19.7 Å². The zero-order valence-corrected chi connectivity index (χ0v) is 10.8. The van der Waals surface area contributed by atoms with E-state index in [1.165, 1.54) is 4.90 Å². The number of benzene rings is 1. The van der Waals surface area contributed by atoms with Crippen LogP contribution >= 0.6 is 0 Å². The fraction of sp³-hybridized carbons (Fsp3) is 0.538. The summed E-state index contributed by atoms with van der Waals surface area (Å²) in [7, 11) is 0. The molecule has 0 spiro atoms. The van der Waals surface area contributed by atoms with Gasteiger partial charge in [-0.3, -0.25) is 4.90 Å². The van der Waals surface area contributed by atoms with E-state index in [1.807, 2.05) is 12.1 Å². The van der Waals surface area contributed by atoms with Crippen LogP contribution in [0.4, 0.5) is 8.78 Å². The molecule has 0 heterocycles. The lowest BCUT2D eigenvalue weighted by atomic mass is 10.2. The second kappa shape index (κ2) is 8.79. The molecular weight excluding hydrogens is 254 g/mol. The summed E-state index contributed by atoms with van der Waals surface area (Å²) in [6.07, 6.45) is -2.41. The number of hydrogen-bond donors (Lipinski definition) is 2. The SMILES string of the molecule is NCc1ccc(OCCN(CCO)CC(F)F)cc1. The van der Waals surface area contributed by atoms with Gasteiger partial charge in [-0.05, 0) is 17.7 Å². The van der Waals surface area contributed by atoms with Gasteiger partial charge < -0.3 is 15.6 Å². The number of rotatable bonds is 9. The maximum Gasteiger partial charge on any atom is 0.251 e. The molecule has 4 nitrogen and oxygen atoms in total. The van der Waals surface area contributed by atoms with Gasteiger partial charge in [-0.15, -0.1) is 0 Å². The van der Waals surface area contributed by atoms with Crippen molar-refractivity contribution < 1.29 is 18.6 Å². The number of nitrogens with zero attached hydrogens (tertiary/aromatic N) is 1. The largest absolute Gasteiger partial charge is 0.492 e. The van der Waals surface area contributed by atoms with E-state index in [0.717, 1.165) is 5.56 Å². The fourth-order valence-electron chi connectivity index (χ4n) is 1.65.